The van der Waals surface area contributed by atoms with Crippen LogP contribution in [0.5, 0.6) is 0 Å². The molecule has 1 unspecified atom stereocenters. The molecular formula is C33H31ClN2O3. The first-order valence-corrected chi connectivity index (χ1v) is 13.5. The summed E-state index contributed by atoms with van der Waals surface area (Å²) in [6, 6.07) is 24.4. The lowest BCUT2D eigenvalue weighted by molar-refractivity contribution is -0.119. The van der Waals surface area contributed by atoms with E-state index in [2.05, 4.69) is 32.2 Å². The van der Waals surface area contributed by atoms with E-state index in [0.717, 1.165) is 34.2 Å². The van der Waals surface area contributed by atoms with Crippen molar-refractivity contribution in [2.24, 2.45) is 11.3 Å². The van der Waals surface area contributed by atoms with Crippen molar-refractivity contribution in [2.75, 3.05) is 11.9 Å². The molecule has 0 saturated heterocycles. The van der Waals surface area contributed by atoms with Crippen LogP contribution in [0.3, 0.4) is 0 Å². The number of benzene rings is 3. The fourth-order valence-corrected chi connectivity index (χ4v) is 5.29. The van der Waals surface area contributed by atoms with Gasteiger partial charge >= 0.3 is 5.97 Å². The number of hydrogen-bond acceptors (Lipinski definition) is 4. The molecule has 1 amide bonds. The number of allylic oxidation sites excluding steroid dienone is 1. The number of amides is 1. The van der Waals surface area contributed by atoms with Gasteiger partial charge in [0.05, 0.1) is 16.8 Å². The number of hydrogen-bond donors (Lipinski definition) is 1. The summed E-state index contributed by atoms with van der Waals surface area (Å²) in [5.74, 6) is -0.646. The molecule has 39 heavy (non-hydrogen) atoms. The first kappa shape index (κ1) is 26.6. The second kappa shape index (κ2) is 11.0. The highest BCUT2D eigenvalue weighted by molar-refractivity contribution is 6.30. The van der Waals surface area contributed by atoms with E-state index in [-0.39, 0.29) is 17.9 Å². The SMILES string of the molecule is CC(C)(C)C1CC(=Cc2cccc(Cl)c2)c2nc3ccccc3c(C(=O)OCC(=O)Nc3ccccc3)c2C1. The van der Waals surface area contributed by atoms with Crippen LogP contribution in [-0.2, 0) is 16.0 Å². The lowest BCUT2D eigenvalue weighted by Crippen LogP contribution is -2.29. The fraction of sp³-hybridized carbons (Fsp3) is 0.242. The van der Waals surface area contributed by atoms with E-state index in [4.69, 9.17) is 21.3 Å². The van der Waals surface area contributed by atoms with Crippen molar-refractivity contribution >= 4 is 51.7 Å². The van der Waals surface area contributed by atoms with Crippen LogP contribution in [0.2, 0.25) is 5.02 Å². The van der Waals surface area contributed by atoms with Gasteiger partial charge in [0.1, 0.15) is 0 Å². The number of anilines is 1. The predicted molar refractivity (Wildman–Crippen MR) is 158 cm³/mol. The minimum atomic E-state index is -0.523. The van der Waals surface area contributed by atoms with Gasteiger partial charge in [-0.05, 0) is 77.3 Å². The van der Waals surface area contributed by atoms with Crippen LogP contribution in [0.4, 0.5) is 5.69 Å². The summed E-state index contributed by atoms with van der Waals surface area (Å²) in [5.41, 5.74) is 5.53. The van der Waals surface area contributed by atoms with E-state index >= 15 is 0 Å². The molecule has 6 heteroatoms. The standard InChI is InChI=1S/C33H31ClN2O3/c1-33(2,3)23-18-22(16-21-10-9-11-24(34)17-21)31-27(19-23)30(26-14-7-8-15-28(26)36-31)32(38)39-20-29(37)35-25-12-5-4-6-13-25/h4-17,23H,18-20H2,1-3H3,(H,35,37). The van der Waals surface area contributed by atoms with Crippen molar-refractivity contribution in [3.8, 4) is 0 Å². The molecule has 0 aliphatic heterocycles. The van der Waals surface area contributed by atoms with E-state index < -0.39 is 11.9 Å². The Labute approximate surface area is 233 Å². The third-order valence-corrected chi connectivity index (χ3v) is 7.46. The number of carbonyl (C=O) groups excluding carboxylic acids is 2. The number of nitrogens with one attached hydrogen (secondary N) is 1. The number of aromatic nitrogens is 1. The topological polar surface area (TPSA) is 68.3 Å². The number of esters is 1. The highest BCUT2D eigenvalue weighted by Crippen LogP contribution is 2.45. The lowest BCUT2D eigenvalue weighted by atomic mass is 9.69. The number of fused-ring (bicyclic) bond motifs is 2. The Kier molecular flexibility index (Phi) is 7.53. The molecule has 1 aliphatic carbocycles. The Bertz CT molecular complexity index is 1570. The summed E-state index contributed by atoms with van der Waals surface area (Å²) in [6.07, 6.45) is 3.62. The van der Waals surface area contributed by atoms with Crippen molar-refractivity contribution in [3.63, 3.8) is 0 Å². The van der Waals surface area contributed by atoms with Gasteiger partial charge in [-0.15, -0.1) is 0 Å². The van der Waals surface area contributed by atoms with Crippen LogP contribution >= 0.6 is 11.6 Å². The number of rotatable bonds is 5. The third kappa shape index (κ3) is 6.04. The van der Waals surface area contributed by atoms with Crippen molar-refractivity contribution in [1.29, 1.82) is 0 Å². The molecule has 1 aliphatic rings. The molecule has 0 fully saturated rings. The van der Waals surface area contributed by atoms with Crippen LogP contribution in [0.15, 0.2) is 78.9 Å². The molecular weight excluding hydrogens is 508 g/mol. The zero-order chi connectivity index (χ0) is 27.6. The number of nitrogens with zero attached hydrogens (tertiary/aromatic N) is 1. The number of halogens is 1. The Balaban J connectivity index is 1.56. The normalized spacial score (nSPS) is 16.1. The van der Waals surface area contributed by atoms with Gasteiger partial charge in [-0.25, -0.2) is 9.78 Å². The Morgan fingerprint density at radius 2 is 1.74 bits per heavy atom. The molecule has 0 radical (unpaired) electrons. The molecule has 0 saturated carbocycles. The van der Waals surface area contributed by atoms with E-state index in [9.17, 15) is 9.59 Å². The first-order valence-electron chi connectivity index (χ1n) is 13.1. The molecule has 198 valence electrons. The van der Waals surface area contributed by atoms with Crippen LogP contribution in [0, 0.1) is 11.3 Å². The lowest BCUT2D eigenvalue weighted by Gasteiger charge is -2.36. The average Bonchev–Trinajstić information content (AvgIpc) is 2.90. The van der Waals surface area contributed by atoms with Gasteiger partial charge in [-0.1, -0.05) is 80.9 Å². The van der Waals surface area contributed by atoms with Crippen molar-refractivity contribution in [1.82, 2.24) is 4.98 Å². The van der Waals surface area contributed by atoms with Crippen LogP contribution in [-0.4, -0.2) is 23.5 Å². The van der Waals surface area contributed by atoms with E-state index in [1.807, 2.05) is 66.7 Å². The molecule has 0 bridgehead atoms. The molecule has 1 N–H and O–H groups in total. The number of pyridine rings is 1. The van der Waals surface area contributed by atoms with Crippen molar-refractivity contribution in [3.05, 3.63) is 106 Å². The molecule has 1 aromatic heterocycles. The zero-order valence-electron chi connectivity index (χ0n) is 22.3. The Morgan fingerprint density at radius 1 is 1.00 bits per heavy atom. The number of carbonyl (C=O) groups is 2. The Morgan fingerprint density at radius 3 is 2.49 bits per heavy atom. The van der Waals surface area contributed by atoms with Crippen molar-refractivity contribution < 1.29 is 14.3 Å². The van der Waals surface area contributed by atoms with Gasteiger partial charge in [0.2, 0.25) is 0 Å². The van der Waals surface area contributed by atoms with Crippen LogP contribution < -0.4 is 5.32 Å². The summed E-state index contributed by atoms with van der Waals surface area (Å²) in [7, 11) is 0. The third-order valence-electron chi connectivity index (χ3n) is 7.22. The molecule has 0 spiro atoms. The first-order chi connectivity index (χ1) is 18.7. The maximum Gasteiger partial charge on any atom is 0.339 e. The van der Waals surface area contributed by atoms with E-state index in [0.29, 0.717) is 28.2 Å². The van der Waals surface area contributed by atoms with Crippen LogP contribution in [0.25, 0.3) is 22.6 Å². The fourth-order valence-electron chi connectivity index (χ4n) is 5.09. The van der Waals surface area contributed by atoms with Gasteiger partial charge in [0.15, 0.2) is 6.61 Å². The average molecular weight is 539 g/mol. The minimum Gasteiger partial charge on any atom is -0.452 e. The summed E-state index contributed by atoms with van der Waals surface area (Å²) in [5, 5.41) is 4.15. The maximum absolute atomic E-state index is 13.7. The van der Waals surface area contributed by atoms with Crippen molar-refractivity contribution in [2.45, 2.75) is 33.6 Å². The summed E-state index contributed by atoms with van der Waals surface area (Å²) >= 11 is 6.28. The summed E-state index contributed by atoms with van der Waals surface area (Å²) in [4.78, 5) is 31.3. The largest absolute Gasteiger partial charge is 0.452 e. The maximum atomic E-state index is 13.7. The quantitative estimate of drug-likeness (QED) is 0.263. The zero-order valence-corrected chi connectivity index (χ0v) is 23.1. The van der Waals surface area contributed by atoms with E-state index in [1.54, 1.807) is 12.1 Å². The monoisotopic (exact) mass is 538 g/mol. The molecule has 4 aromatic rings. The molecule has 3 aromatic carbocycles. The van der Waals surface area contributed by atoms with Gasteiger partial charge in [0.25, 0.3) is 5.91 Å². The minimum absolute atomic E-state index is 0.00645. The summed E-state index contributed by atoms with van der Waals surface area (Å²) in [6.45, 7) is 6.28. The van der Waals surface area contributed by atoms with Gasteiger partial charge in [-0.2, -0.15) is 0 Å². The molecule has 1 atom stereocenters. The van der Waals surface area contributed by atoms with Crippen LogP contribution in [0.1, 0.15) is 54.4 Å². The van der Waals surface area contributed by atoms with Gasteiger partial charge in [0, 0.05) is 16.1 Å². The second-order valence-corrected chi connectivity index (χ2v) is 11.5. The molecule has 1 heterocycles. The smallest absolute Gasteiger partial charge is 0.339 e. The van der Waals surface area contributed by atoms with Gasteiger partial charge in [-0.3, -0.25) is 4.79 Å². The van der Waals surface area contributed by atoms with Gasteiger partial charge < -0.3 is 10.1 Å². The predicted octanol–water partition coefficient (Wildman–Crippen LogP) is 7.83. The molecule has 5 nitrogen and oxygen atoms in total. The summed E-state index contributed by atoms with van der Waals surface area (Å²) < 4.78 is 5.61. The second-order valence-electron chi connectivity index (χ2n) is 11.0. The number of para-hydroxylation sites is 2. The highest BCUT2D eigenvalue weighted by Gasteiger charge is 2.35. The highest BCUT2D eigenvalue weighted by atomic mass is 35.5. The number of ether oxygens (including phenoxy) is 1. The Hall–Kier alpha value is -3.96. The molecule has 5 rings (SSSR count). The van der Waals surface area contributed by atoms with E-state index in [1.165, 1.54) is 0 Å².